The molecule has 1 amide bonds. The molecule has 0 aromatic carbocycles. The van der Waals surface area contributed by atoms with Crippen LogP contribution in [0.2, 0.25) is 0 Å². The molecule has 0 aliphatic carbocycles. The Morgan fingerprint density at radius 1 is 1.55 bits per heavy atom. The van der Waals surface area contributed by atoms with Gasteiger partial charge in [-0.05, 0) is 13.0 Å². The van der Waals surface area contributed by atoms with E-state index in [-0.39, 0.29) is 17.4 Å². The van der Waals surface area contributed by atoms with E-state index in [9.17, 15) is 4.79 Å². The first kappa shape index (κ1) is 7.06. The highest BCUT2D eigenvalue weighted by Crippen LogP contribution is 2.31. The summed E-state index contributed by atoms with van der Waals surface area (Å²) in [5.74, 6) is 0.00806. The lowest BCUT2D eigenvalue weighted by Crippen LogP contribution is -2.44. The van der Waals surface area contributed by atoms with Crippen LogP contribution in [0.3, 0.4) is 0 Å². The van der Waals surface area contributed by atoms with Crippen molar-refractivity contribution in [3.8, 4) is 0 Å². The molecule has 2 aliphatic heterocycles. The summed E-state index contributed by atoms with van der Waals surface area (Å²) in [7, 11) is 0. The highest BCUT2D eigenvalue weighted by atomic mass is 16.2. The van der Waals surface area contributed by atoms with Gasteiger partial charge >= 0.3 is 0 Å². The summed E-state index contributed by atoms with van der Waals surface area (Å²) in [5.41, 5.74) is 5.79. The van der Waals surface area contributed by atoms with Crippen LogP contribution in [0, 0.1) is 5.41 Å². The van der Waals surface area contributed by atoms with Crippen molar-refractivity contribution in [3.05, 3.63) is 0 Å². The summed E-state index contributed by atoms with van der Waals surface area (Å²) in [5, 5.41) is 6.03. The van der Waals surface area contributed by atoms with Crippen molar-refractivity contribution in [3.63, 3.8) is 0 Å². The molecule has 11 heavy (non-hydrogen) atoms. The molecule has 0 aromatic rings. The van der Waals surface area contributed by atoms with Gasteiger partial charge in [0.05, 0.1) is 6.04 Å². The van der Waals surface area contributed by atoms with Gasteiger partial charge in [-0.1, -0.05) is 0 Å². The van der Waals surface area contributed by atoms with Gasteiger partial charge in [-0.15, -0.1) is 0 Å². The quantitative estimate of drug-likeness (QED) is 0.395. The molecular weight excluding hydrogens is 142 g/mol. The van der Waals surface area contributed by atoms with Crippen LogP contribution in [0.1, 0.15) is 6.42 Å². The second kappa shape index (κ2) is 2.19. The fraction of sp³-hybridized carbons (Fsp3) is 0.857. The molecule has 4 heteroatoms. The Kier molecular flexibility index (Phi) is 1.40. The van der Waals surface area contributed by atoms with Gasteiger partial charge < -0.3 is 16.4 Å². The van der Waals surface area contributed by atoms with Crippen LogP contribution in [-0.2, 0) is 4.79 Å². The number of carbonyl (C=O) groups is 1. The lowest BCUT2D eigenvalue weighted by Gasteiger charge is -2.23. The van der Waals surface area contributed by atoms with Crippen molar-refractivity contribution in [2.24, 2.45) is 11.1 Å². The third kappa shape index (κ3) is 0.862. The summed E-state index contributed by atoms with van der Waals surface area (Å²) >= 11 is 0. The highest BCUT2D eigenvalue weighted by Gasteiger charge is 2.47. The average molecular weight is 155 g/mol. The molecule has 2 rings (SSSR count). The Morgan fingerprint density at radius 3 is 2.82 bits per heavy atom. The van der Waals surface area contributed by atoms with E-state index in [1.54, 1.807) is 0 Å². The second-order valence-electron chi connectivity index (χ2n) is 3.48. The molecule has 0 aromatic heterocycles. The number of amides is 1. The third-order valence-corrected chi connectivity index (χ3v) is 2.83. The molecule has 2 heterocycles. The van der Waals surface area contributed by atoms with Gasteiger partial charge in [0.15, 0.2) is 0 Å². The minimum Gasteiger partial charge on any atom is -0.354 e. The molecule has 4 nitrogen and oxygen atoms in total. The van der Waals surface area contributed by atoms with Crippen molar-refractivity contribution >= 4 is 5.91 Å². The van der Waals surface area contributed by atoms with E-state index >= 15 is 0 Å². The summed E-state index contributed by atoms with van der Waals surface area (Å²) in [6.07, 6.45) is 1.02. The molecule has 2 atom stereocenters. The van der Waals surface area contributed by atoms with Crippen LogP contribution in [0.15, 0.2) is 0 Å². The largest absolute Gasteiger partial charge is 0.354 e. The van der Waals surface area contributed by atoms with Crippen LogP contribution >= 0.6 is 0 Å². The minimum absolute atomic E-state index is 0.00806. The van der Waals surface area contributed by atoms with E-state index in [1.807, 2.05) is 0 Å². The lowest BCUT2D eigenvalue weighted by atomic mass is 9.82. The first-order chi connectivity index (χ1) is 5.25. The van der Waals surface area contributed by atoms with E-state index in [2.05, 4.69) is 10.6 Å². The van der Waals surface area contributed by atoms with Crippen molar-refractivity contribution in [1.82, 2.24) is 10.6 Å². The van der Waals surface area contributed by atoms with Gasteiger partial charge in [0.1, 0.15) is 0 Å². The van der Waals surface area contributed by atoms with E-state index in [1.165, 1.54) is 0 Å². The normalized spacial score (nSPS) is 43.4. The predicted molar refractivity (Wildman–Crippen MR) is 40.9 cm³/mol. The third-order valence-electron chi connectivity index (χ3n) is 2.83. The molecule has 2 aliphatic rings. The van der Waals surface area contributed by atoms with Crippen LogP contribution in [0.4, 0.5) is 0 Å². The molecular formula is C7H13N3O. The molecule has 4 N–H and O–H groups in total. The number of hydrogen-bond acceptors (Lipinski definition) is 3. The molecule has 62 valence electrons. The van der Waals surface area contributed by atoms with E-state index in [0.717, 1.165) is 26.1 Å². The molecule has 2 fully saturated rings. The minimum atomic E-state index is -0.294. The Balaban J connectivity index is 2.19. The summed E-state index contributed by atoms with van der Waals surface area (Å²) in [6, 6.07) is -0.294. The van der Waals surface area contributed by atoms with Crippen LogP contribution in [0.5, 0.6) is 0 Å². The highest BCUT2D eigenvalue weighted by molar-refractivity contribution is 5.85. The van der Waals surface area contributed by atoms with Gasteiger partial charge in [-0.2, -0.15) is 0 Å². The summed E-state index contributed by atoms with van der Waals surface area (Å²) < 4.78 is 0. The summed E-state index contributed by atoms with van der Waals surface area (Å²) in [6.45, 7) is 2.62. The predicted octanol–water partition coefficient (Wildman–Crippen LogP) is -1.58. The number of nitrogens with one attached hydrogen (secondary N) is 2. The first-order valence-electron chi connectivity index (χ1n) is 3.99. The molecule has 2 saturated heterocycles. The van der Waals surface area contributed by atoms with Gasteiger partial charge in [0, 0.05) is 18.5 Å². The lowest BCUT2D eigenvalue weighted by molar-refractivity contribution is -0.120. The zero-order chi connectivity index (χ0) is 7.90. The summed E-state index contributed by atoms with van der Waals surface area (Å²) in [4.78, 5) is 11.1. The van der Waals surface area contributed by atoms with E-state index in [0.29, 0.717) is 0 Å². The zero-order valence-electron chi connectivity index (χ0n) is 6.39. The maximum atomic E-state index is 11.1. The Labute approximate surface area is 65.5 Å². The van der Waals surface area contributed by atoms with Crippen molar-refractivity contribution < 1.29 is 4.79 Å². The average Bonchev–Trinajstić information content (AvgIpc) is 2.56. The Bertz CT molecular complexity index is 186. The smallest absolute Gasteiger partial charge is 0.237 e. The van der Waals surface area contributed by atoms with Crippen LogP contribution in [-0.4, -0.2) is 31.6 Å². The monoisotopic (exact) mass is 155 g/mol. The van der Waals surface area contributed by atoms with Crippen LogP contribution < -0.4 is 16.4 Å². The molecule has 1 spiro atoms. The number of rotatable bonds is 0. The molecule has 0 radical (unpaired) electrons. The van der Waals surface area contributed by atoms with Crippen molar-refractivity contribution in [2.75, 3.05) is 19.6 Å². The van der Waals surface area contributed by atoms with Gasteiger partial charge in [0.2, 0.25) is 5.91 Å². The number of nitrogens with two attached hydrogens (primary N) is 1. The van der Waals surface area contributed by atoms with Gasteiger partial charge in [0.25, 0.3) is 0 Å². The molecule has 2 unspecified atom stereocenters. The maximum absolute atomic E-state index is 11.1. The van der Waals surface area contributed by atoms with E-state index in [4.69, 9.17) is 5.73 Å². The SMILES string of the molecule is NC1C(=O)NCC12CCNC2. The van der Waals surface area contributed by atoms with Gasteiger partial charge in [-0.3, -0.25) is 4.79 Å². The number of carbonyl (C=O) groups excluding carboxylic acids is 1. The Hall–Kier alpha value is -0.610. The fourth-order valence-corrected chi connectivity index (χ4v) is 1.94. The molecule has 0 bridgehead atoms. The van der Waals surface area contributed by atoms with Crippen molar-refractivity contribution in [2.45, 2.75) is 12.5 Å². The molecule has 0 saturated carbocycles. The van der Waals surface area contributed by atoms with Crippen LogP contribution in [0.25, 0.3) is 0 Å². The van der Waals surface area contributed by atoms with E-state index < -0.39 is 0 Å². The topological polar surface area (TPSA) is 67.2 Å². The van der Waals surface area contributed by atoms with Crippen molar-refractivity contribution in [1.29, 1.82) is 0 Å². The number of hydrogen-bond donors (Lipinski definition) is 3. The van der Waals surface area contributed by atoms with Gasteiger partial charge in [-0.25, -0.2) is 0 Å². The fourth-order valence-electron chi connectivity index (χ4n) is 1.94. The standard InChI is InChI=1S/C7H13N3O/c8-5-6(11)10-4-7(5)1-2-9-3-7/h5,9H,1-4,8H2,(H,10,11). The first-order valence-corrected chi connectivity index (χ1v) is 3.99. The maximum Gasteiger partial charge on any atom is 0.237 e. The second-order valence-corrected chi connectivity index (χ2v) is 3.48. The Morgan fingerprint density at radius 2 is 2.36 bits per heavy atom. The zero-order valence-corrected chi connectivity index (χ0v) is 6.39.